The predicted octanol–water partition coefficient (Wildman–Crippen LogP) is 3.98. The number of hydrogen-bond acceptors (Lipinski definition) is 3. The molecule has 0 unspecified atom stereocenters. The van der Waals surface area contributed by atoms with Crippen LogP contribution in [0.15, 0.2) is 60.7 Å². The van der Waals surface area contributed by atoms with Crippen molar-refractivity contribution in [2.24, 2.45) is 0 Å². The molecule has 0 saturated carbocycles. The van der Waals surface area contributed by atoms with Gasteiger partial charge in [-0.3, -0.25) is 0 Å². The van der Waals surface area contributed by atoms with Crippen LogP contribution in [0.5, 0.6) is 11.5 Å². The molecule has 2 aromatic rings. The van der Waals surface area contributed by atoms with Gasteiger partial charge < -0.3 is 9.05 Å². The molecular formula is C14H12NO2P. The molecule has 0 radical (unpaired) electrons. The van der Waals surface area contributed by atoms with Gasteiger partial charge in [0.15, 0.2) is 0 Å². The average molecular weight is 257 g/mol. The number of nitrogens with zero attached hydrogens (tertiary/aromatic N) is 1. The second-order valence-electron chi connectivity index (χ2n) is 3.46. The van der Waals surface area contributed by atoms with Crippen molar-refractivity contribution in [3.63, 3.8) is 0 Å². The largest absolute Gasteiger partial charge is 0.438 e. The van der Waals surface area contributed by atoms with Crippen molar-refractivity contribution in [1.82, 2.24) is 0 Å². The second kappa shape index (κ2) is 6.64. The zero-order valence-corrected chi connectivity index (χ0v) is 10.6. The van der Waals surface area contributed by atoms with Crippen LogP contribution in [0.3, 0.4) is 0 Å². The van der Waals surface area contributed by atoms with Gasteiger partial charge in [0.2, 0.25) is 0 Å². The van der Waals surface area contributed by atoms with E-state index in [-0.39, 0.29) is 6.16 Å². The van der Waals surface area contributed by atoms with E-state index in [2.05, 4.69) is 6.07 Å². The van der Waals surface area contributed by atoms with Gasteiger partial charge in [0.1, 0.15) is 17.7 Å². The van der Waals surface area contributed by atoms with Crippen molar-refractivity contribution < 1.29 is 9.05 Å². The highest BCUT2D eigenvalue weighted by Gasteiger charge is 2.13. The maximum atomic E-state index is 8.80. The maximum absolute atomic E-state index is 8.80. The summed E-state index contributed by atoms with van der Waals surface area (Å²) >= 11 is 0. The van der Waals surface area contributed by atoms with E-state index in [1.165, 1.54) is 0 Å². The first-order valence-electron chi connectivity index (χ1n) is 5.49. The molecule has 0 aliphatic heterocycles. The van der Waals surface area contributed by atoms with Crippen LogP contribution in [0.2, 0.25) is 0 Å². The fourth-order valence-corrected chi connectivity index (χ4v) is 2.33. The van der Waals surface area contributed by atoms with Crippen molar-refractivity contribution in [2.75, 3.05) is 6.16 Å². The second-order valence-corrected chi connectivity index (χ2v) is 4.80. The van der Waals surface area contributed by atoms with Crippen LogP contribution >= 0.6 is 8.38 Å². The molecule has 18 heavy (non-hydrogen) atoms. The number of benzene rings is 2. The highest BCUT2D eigenvalue weighted by atomic mass is 31.2. The lowest BCUT2D eigenvalue weighted by Crippen LogP contribution is -1.98. The Morgan fingerprint density at radius 1 is 0.833 bits per heavy atom. The van der Waals surface area contributed by atoms with Crippen LogP contribution < -0.4 is 9.05 Å². The molecule has 0 aliphatic rings. The SMILES string of the molecule is N#CCP(Oc1ccccc1)Oc1ccccc1. The quantitative estimate of drug-likeness (QED) is 0.761. The number of nitriles is 1. The minimum absolute atomic E-state index is 0.235. The van der Waals surface area contributed by atoms with Crippen molar-refractivity contribution in [3.8, 4) is 17.6 Å². The Morgan fingerprint density at radius 2 is 1.28 bits per heavy atom. The minimum atomic E-state index is -1.27. The van der Waals surface area contributed by atoms with Crippen LogP contribution in [-0.4, -0.2) is 6.16 Å². The van der Waals surface area contributed by atoms with Crippen molar-refractivity contribution in [2.45, 2.75) is 0 Å². The van der Waals surface area contributed by atoms with E-state index in [0.717, 1.165) is 11.5 Å². The summed E-state index contributed by atoms with van der Waals surface area (Å²) in [7, 11) is -1.27. The molecule has 90 valence electrons. The molecule has 2 aromatic carbocycles. The minimum Gasteiger partial charge on any atom is -0.438 e. The van der Waals surface area contributed by atoms with Crippen LogP contribution in [0.1, 0.15) is 0 Å². The maximum Gasteiger partial charge on any atom is 0.305 e. The Morgan fingerprint density at radius 3 is 1.67 bits per heavy atom. The lowest BCUT2D eigenvalue weighted by atomic mass is 10.3. The molecule has 0 amide bonds. The summed E-state index contributed by atoms with van der Waals surface area (Å²) < 4.78 is 11.4. The summed E-state index contributed by atoms with van der Waals surface area (Å²) in [4.78, 5) is 0. The summed E-state index contributed by atoms with van der Waals surface area (Å²) in [5, 5.41) is 8.80. The summed E-state index contributed by atoms with van der Waals surface area (Å²) in [6.07, 6.45) is 0.235. The van der Waals surface area contributed by atoms with Gasteiger partial charge in [0.05, 0.1) is 6.07 Å². The van der Waals surface area contributed by atoms with Crippen LogP contribution in [0, 0.1) is 11.3 Å². The summed E-state index contributed by atoms with van der Waals surface area (Å²) in [5.74, 6) is 1.43. The van der Waals surface area contributed by atoms with Gasteiger partial charge in [-0.2, -0.15) is 5.26 Å². The first-order chi connectivity index (χ1) is 8.88. The smallest absolute Gasteiger partial charge is 0.305 e. The lowest BCUT2D eigenvalue weighted by Gasteiger charge is -2.16. The Kier molecular flexibility index (Phi) is 4.58. The highest BCUT2D eigenvalue weighted by Crippen LogP contribution is 2.39. The van der Waals surface area contributed by atoms with Gasteiger partial charge in [-0.25, -0.2) is 0 Å². The third-order valence-electron chi connectivity index (χ3n) is 2.10. The molecule has 0 aromatic heterocycles. The summed E-state index contributed by atoms with van der Waals surface area (Å²) in [6.45, 7) is 0. The fourth-order valence-electron chi connectivity index (χ4n) is 1.34. The normalized spacial score (nSPS) is 9.78. The molecule has 0 bridgehead atoms. The molecule has 0 atom stereocenters. The van der Waals surface area contributed by atoms with Gasteiger partial charge in [-0.05, 0) is 24.3 Å². The summed E-state index contributed by atoms with van der Waals surface area (Å²) in [6, 6.07) is 20.9. The third-order valence-corrected chi connectivity index (χ3v) is 3.33. The molecule has 2 rings (SSSR count). The Hall–Kier alpha value is -2.04. The van der Waals surface area contributed by atoms with Gasteiger partial charge in [0.25, 0.3) is 0 Å². The van der Waals surface area contributed by atoms with Crippen LogP contribution in [0.4, 0.5) is 0 Å². The molecular weight excluding hydrogens is 245 g/mol. The van der Waals surface area contributed by atoms with E-state index in [1.807, 2.05) is 60.7 Å². The standard InChI is InChI=1S/C14H12NO2P/c15-11-12-18(16-13-7-3-1-4-8-13)17-14-9-5-2-6-10-14/h1-10H,12H2. The van der Waals surface area contributed by atoms with Crippen LogP contribution in [0.25, 0.3) is 0 Å². The van der Waals surface area contributed by atoms with E-state index in [0.29, 0.717) is 0 Å². The molecule has 0 N–H and O–H groups in total. The molecule has 0 saturated heterocycles. The van der Waals surface area contributed by atoms with E-state index in [1.54, 1.807) is 0 Å². The van der Waals surface area contributed by atoms with Crippen molar-refractivity contribution in [1.29, 1.82) is 5.26 Å². The van der Waals surface area contributed by atoms with Crippen LogP contribution in [-0.2, 0) is 0 Å². The van der Waals surface area contributed by atoms with Gasteiger partial charge in [-0.1, -0.05) is 36.4 Å². The zero-order chi connectivity index (χ0) is 12.6. The fraction of sp³-hybridized carbons (Fsp3) is 0.0714. The van der Waals surface area contributed by atoms with Gasteiger partial charge in [0, 0.05) is 0 Å². The Balaban J connectivity index is 2.03. The van der Waals surface area contributed by atoms with E-state index < -0.39 is 8.38 Å². The molecule has 3 nitrogen and oxygen atoms in total. The van der Waals surface area contributed by atoms with E-state index >= 15 is 0 Å². The number of hydrogen-bond donors (Lipinski definition) is 0. The van der Waals surface area contributed by atoms with E-state index in [4.69, 9.17) is 14.3 Å². The predicted molar refractivity (Wildman–Crippen MR) is 71.5 cm³/mol. The molecule has 0 spiro atoms. The van der Waals surface area contributed by atoms with Gasteiger partial charge in [-0.15, -0.1) is 0 Å². The lowest BCUT2D eigenvalue weighted by molar-refractivity contribution is 0.493. The molecule has 4 heteroatoms. The highest BCUT2D eigenvalue weighted by molar-refractivity contribution is 7.48. The van der Waals surface area contributed by atoms with Gasteiger partial charge >= 0.3 is 8.38 Å². The number of rotatable bonds is 5. The van der Waals surface area contributed by atoms with E-state index in [9.17, 15) is 0 Å². The zero-order valence-electron chi connectivity index (χ0n) is 9.69. The summed E-state index contributed by atoms with van der Waals surface area (Å²) in [5.41, 5.74) is 0. The topological polar surface area (TPSA) is 42.2 Å². The molecule has 0 heterocycles. The average Bonchev–Trinajstić information content (AvgIpc) is 2.41. The first-order valence-corrected chi connectivity index (χ1v) is 6.85. The molecule has 0 fully saturated rings. The first kappa shape index (κ1) is 12.4. The monoisotopic (exact) mass is 257 g/mol. The Labute approximate surface area is 108 Å². The van der Waals surface area contributed by atoms with Crippen molar-refractivity contribution in [3.05, 3.63) is 60.7 Å². The number of para-hydroxylation sites is 2. The van der Waals surface area contributed by atoms with Crippen molar-refractivity contribution >= 4 is 8.38 Å². The Bertz CT molecular complexity index is 469. The third kappa shape index (κ3) is 3.76. The molecule has 0 aliphatic carbocycles.